The highest BCUT2D eigenvalue weighted by molar-refractivity contribution is 6.09. The van der Waals surface area contributed by atoms with Crippen molar-refractivity contribution in [3.05, 3.63) is 71.3 Å². The Morgan fingerprint density at radius 1 is 1.11 bits per heavy atom. The molecule has 0 aliphatic carbocycles. The van der Waals surface area contributed by atoms with Crippen LogP contribution in [0.3, 0.4) is 0 Å². The third-order valence-corrected chi connectivity index (χ3v) is 4.55. The summed E-state index contributed by atoms with van der Waals surface area (Å²) in [5.74, 6) is -1.72. The summed E-state index contributed by atoms with van der Waals surface area (Å²) in [7, 11) is 0. The largest absolute Gasteiger partial charge is 0.416 e. The maximum absolute atomic E-state index is 12.9. The van der Waals surface area contributed by atoms with Crippen LogP contribution >= 0.6 is 0 Å². The zero-order chi connectivity index (χ0) is 20.5. The highest BCUT2D eigenvalue weighted by Crippen LogP contribution is 2.32. The molecule has 1 aliphatic rings. The molecule has 2 N–H and O–H groups in total. The van der Waals surface area contributed by atoms with E-state index in [1.807, 2.05) is 0 Å². The number of imide groups is 1. The molecule has 0 saturated carbocycles. The number of benzene rings is 2. The van der Waals surface area contributed by atoms with E-state index in [0.29, 0.717) is 16.6 Å². The summed E-state index contributed by atoms with van der Waals surface area (Å²) in [6.45, 7) is 1.70. The number of hydrazine groups is 1. The first-order valence-electron chi connectivity index (χ1n) is 8.39. The van der Waals surface area contributed by atoms with Crippen LogP contribution in [0.25, 0.3) is 0 Å². The first-order chi connectivity index (χ1) is 13.2. The number of nitrogens with one attached hydrogen (secondary N) is 2. The first kappa shape index (κ1) is 19.4. The molecule has 1 atom stereocenters. The summed E-state index contributed by atoms with van der Waals surface area (Å²) in [6.07, 6.45) is -4.40. The van der Waals surface area contributed by atoms with Crippen molar-refractivity contribution >= 4 is 17.8 Å². The molecule has 1 saturated heterocycles. The molecule has 146 valence electrons. The third kappa shape index (κ3) is 3.30. The van der Waals surface area contributed by atoms with E-state index in [9.17, 15) is 27.6 Å². The van der Waals surface area contributed by atoms with E-state index in [4.69, 9.17) is 0 Å². The Labute approximate surface area is 158 Å². The Hall–Kier alpha value is -3.36. The standard InChI is InChI=1S/C19H16F3N3O3/c1-2-18(13-8-4-3-5-9-13)16(27)25(17(28)23-18)24-15(26)12-7-6-10-14(11-12)19(20,21)22/h3-11H,2H2,1H3,(H,23,28)(H,24,26)/t18-/m0/s1. The molecule has 9 heteroatoms. The fraction of sp³-hybridized carbons (Fsp3) is 0.211. The fourth-order valence-corrected chi connectivity index (χ4v) is 3.04. The minimum absolute atomic E-state index is 0.220. The van der Waals surface area contributed by atoms with Gasteiger partial charge in [-0.05, 0) is 30.2 Å². The molecule has 6 nitrogen and oxygen atoms in total. The predicted molar refractivity (Wildman–Crippen MR) is 92.7 cm³/mol. The van der Waals surface area contributed by atoms with Crippen LogP contribution in [0.4, 0.5) is 18.0 Å². The molecule has 0 aromatic heterocycles. The van der Waals surface area contributed by atoms with Gasteiger partial charge in [-0.25, -0.2) is 4.79 Å². The lowest BCUT2D eigenvalue weighted by Crippen LogP contribution is -2.48. The predicted octanol–water partition coefficient (Wildman–Crippen LogP) is 3.21. The van der Waals surface area contributed by atoms with Gasteiger partial charge in [-0.3, -0.25) is 15.0 Å². The maximum atomic E-state index is 12.9. The lowest BCUT2D eigenvalue weighted by Gasteiger charge is -2.25. The number of hydrogen-bond acceptors (Lipinski definition) is 3. The van der Waals surface area contributed by atoms with Crippen LogP contribution in [0.15, 0.2) is 54.6 Å². The number of alkyl halides is 3. The molecule has 1 aliphatic heterocycles. The molecule has 0 bridgehead atoms. The van der Waals surface area contributed by atoms with Crippen molar-refractivity contribution in [3.8, 4) is 0 Å². The molecule has 3 rings (SSSR count). The van der Waals surface area contributed by atoms with Gasteiger partial charge in [0.25, 0.3) is 11.8 Å². The number of nitrogens with zero attached hydrogens (tertiary/aromatic N) is 1. The zero-order valence-corrected chi connectivity index (χ0v) is 14.7. The fourth-order valence-electron chi connectivity index (χ4n) is 3.04. The number of rotatable bonds is 4. The van der Waals surface area contributed by atoms with Gasteiger partial charge in [-0.1, -0.05) is 43.3 Å². The van der Waals surface area contributed by atoms with Crippen LogP contribution in [0.2, 0.25) is 0 Å². The van der Waals surface area contributed by atoms with Gasteiger partial charge in [-0.2, -0.15) is 18.2 Å². The lowest BCUT2D eigenvalue weighted by atomic mass is 9.87. The molecule has 28 heavy (non-hydrogen) atoms. The number of hydrogen-bond donors (Lipinski definition) is 2. The van der Waals surface area contributed by atoms with Crippen LogP contribution in [0.5, 0.6) is 0 Å². The molecule has 1 heterocycles. The third-order valence-electron chi connectivity index (χ3n) is 4.55. The summed E-state index contributed by atoms with van der Waals surface area (Å²) in [5, 5.41) is 3.07. The Morgan fingerprint density at radius 2 is 1.79 bits per heavy atom. The van der Waals surface area contributed by atoms with E-state index in [1.165, 1.54) is 0 Å². The molecule has 0 spiro atoms. The van der Waals surface area contributed by atoms with Crippen LogP contribution in [-0.4, -0.2) is 22.9 Å². The normalized spacial score (nSPS) is 19.5. The van der Waals surface area contributed by atoms with Crippen molar-refractivity contribution in [2.45, 2.75) is 25.1 Å². The second-order valence-corrected chi connectivity index (χ2v) is 6.22. The molecular weight excluding hydrogens is 375 g/mol. The van der Waals surface area contributed by atoms with Crippen molar-refractivity contribution in [2.24, 2.45) is 0 Å². The molecule has 0 unspecified atom stereocenters. The Kier molecular flexibility index (Phi) is 4.84. The molecule has 0 radical (unpaired) electrons. The minimum Gasteiger partial charge on any atom is -0.318 e. The van der Waals surface area contributed by atoms with Crippen molar-refractivity contribution in [2.75, 3.05) is 0 Å². The molecule has 1 fully saturated rings. The Morgan fingerprint density at radius 3 is 2.39 bits per heavy atom. The lowest BCUT2D eigenvalue weighted by molar-refractivity contribution is -0.137. The van der Waals surface area contributed by atoms with Crippen molar-refractivity contribution in [1.29, 1.82) is 0 Å². The van der Waals surface area contributed by atoms with E-state index in [0.717, 1.165) is 18.2 Å². The van der Waals surface area contributed by atoms with Gasteiger partial charge >= 0.3 is 12.2 Å². The smallest absolute Gasteiger partial charge is 0.318 e. The van der Waals surface area contributed by atoms with Gasteiger partial charge in [0.15, 0.2) is 0 Å². The average Bonchev–Trinajstić information content (AvgIpc) is 2.93. The summed E-state index contributed by atoms with van der Waals surface area (Å²) in [5.41, 5.74) is -0.0692. The molecule has 4 amide bonds. The van der Waals surface area contributed by atoms with Gasteiger partial charge in [0.1, 0.15) is 5.54 Å². The van der Waals surface area contributed by atoms with E-state index < -0.39 is 35.1 Å². The first-order valence-corrected chi connectivity index (χ1v) is 8.39. The summed E-state index contributed by atoms with van der Waals surface area (Å²) >= 11 is 0. The van der Waals surface area contributed by atoms with Crippen molar-refractivity contribution in [1.82, 2.24) is 15.8 Å². The van der Waals surface area contributed by atoms with Gasteiger partial charge in [0.2, 0.25) is 0 Å². The highest BCUT2D eigenvalue weighted by atomic mass is 19.4. The molecular formula is C19H16F3N3O3. The summed E-state index contributed by atoms with van der Waals surface area (Å²) in [6, 6.07) is 11.3. The topological polar surface area (TPSA) is 78.5 Å². The quantitative estimate of drug-likeness (QED) is 0.786. The van der Waals surface area contributed by atoms with Gasteiger partial charge in [0.05, 0.1) is 5.56 Å². The number of urea groups is 1. The number of carbonyl (C=O) groups excluding carboxylic acids is 3. The van der Waals surface area contributed by atoms with Crippen LogP contribution in [-0.2, 0) is 16.5 Å². The second kappa shape index (κ2) is 6.99. The SMILES string of the molecule is CC[C@@]1(c2ccccc2)NC(=O)N(NC(=O)c2cccc(C(F)(F)F)c2)C1=O. The number of amides is 4. The Bertz CT molecular complexity index is 931. The Balaban J connectivity index is 1.86. The number of carbonyl (C=O) groups is 3. The molecule has 2 aromatic rings. The zero-order valence-electron chi connectivity index (χ0n) is 14.7. The summed E-state index contributed by atoms with van der Waals surface area (Å²) < 4.78 is 38.5. The minimum atomic E-state index is -4.62. The van der Waals surface area contributed by atoms with Gasteiger partial charge in [-0.15, -0.1) is 0 Å². The van der Waals surface area contributed by atoms with E-state index in [-0.39, 0.29) is 12.0 Å². The highest BCUT2D eigenvalue weighted by Gasteiger charge is 2.52. The van der Waals surface area contributed by atoms with Crippen molar-refractivity contribution < 1.29 is 27.6 Å². The van der Waals surface area contributed by atoms with Gasteiger partial charge in [0, 0.05) is 5.56 Å². The number of halogens is 3. The van der Waals surface area contributed by atoms with Crippen LogP contribution in [0, 0.1) is 0 Å². The average molecular weight is 391 g/mol. The van der Waals surface area contributed by atoms with Crippen LogP contribution in [0.1, 0.15) is 34.8 Å². The van der Waals surface area contributed by atoms with E-state index in [1.54, 1.807) is 37.3 Å². The van der Waals surface area contributed by atoms with E-state index in [2.05, 4.69) is 10.7 Å². The van der Waals surface area contributed by atoms with E-state index >= 15 is 0 Å². The van der Waals surface area contributed by atoms with Crippen molar-refractivity contribution in [3.63, 3.8) is 0 Å². The second-order valence-electron chi connectivity index (χ2n) is 6.22. The molecule has 2 aromatic carbocycles. The summed E-state index contributed by atoms with van der Waals surface area (Å²) in [4.78, 5) is 37.6. The van der Waals surface area contributed by atoms with Gasteiger partial charge < -0.3 is 5.32 Å². The monoisotopic (exact) mass is 391 g/mol. The maximum Gasteiger partial charge on any atom is 0.416 e. The van der Waals surface area contributed by atoms with Crippen LogP contribution < -0.4 is 10.7 Å².